The van der Waals surface area contributed by atoms with E-state index in [1.165, 1.54) is 50.5 Å². The van der Waals surface area contributed by atoms with Crippen molar-refractivity contribution < 1.29 is 28.8 Å². The Hall–Kier alpha value is -5.78. The molecule has 0 saturated carbocycles. The van der Waals surface area contributed by atoms with Gasteiger partial charge >= 0.3 is 0 Å². The Morgan fingerprint density at radius 3 is 1.52 bits per heavy atom. The Morgan fingerprint density at radius 1 is 0.469 bits per heavy atom. The van der Waals surface area contributed by atoms with E-state index < -0.39 is 0 Å². The Kier molecular flexibility index (Phi) is 22.7. The summed E-state index contributed by atoms with van der Waals surface area (Å²) in [6.07, 6.45) is 18.8. The van der Waals surface area contributed by atoms with Crippen molar-refractivity contribution in [2.24, 2.45) is 20.5 Å². The number of benzene rings is 5. The number of nitrogens with zero attached hydrogens (tertiary/aromatic N) is 4. The molecule has 10 heteroatoms. The van der Waals surface area contributed by atoms with Crippen molar-refractivity contribution in [2.75, 3.05) is 53.4 Å². The summed E-state index contributed by atoms with van der Waals surface area (Å²) in [5, 5.41) is 28.2. The number of rotatable bonds is 30. The highest BCUT2D eigenvalue weighted by Gasteiger charge is 2.09. The molecule has 10 nitrogen and oxygen atoms in total. The van der Waals surface area contributed by atoms with Gasteiger partial charge in [0, 0.05) is 12.7 Å². The van der Waals surface area contributed by atoms with Crippen LogP contribution in [0.5, 0.6) is 11.5 Å². The van der Waals surface area contributed by atoms with E-state index in [9.17, 15) is 5.11 Å². The molecule has 0 saturated heterocycles. The summed E-state index contributed by atoms with van der Waals surface area (Å²) in [5.74, 6) is 1.52. The Bertz CT molecular complexity index is 2170. The zero-order valence-corrected chi connectivity index (χ0v) is 38.0. The molecule has 0 aliphatic rings. The second-order valence-corrected chi connectivity index (χ2v) is 15.4. The fourth-order valence-corrected chi connectivity index (χ4v) is 6.60. The topological polar surface area (TPSA) is 116 Å². The molecule has 0 heterocycles. The average molecular weight is 867 g/mol. The summed E-state index contributed by atoms with van der Waals surface area (Å²) in [6, 6.07) is 35.7. The fourth-order valence-electron chi connectivity index (χ4n) is 6.60. The van der Waals surface area contributed by atoms with Gasteiger partial charge in [0.25, 0.3) is 0 Å². The molecule has 338 valence electrons. The highest BCUT2D eigenvalue weighted by Crippen LogP contribution is 2.29. The molecule has 5 aromatic rings. The van der Waals surface area contributed by atoms with E-state index in [0.29, 0.717) is 45.4 Å². The van der Waals surface area contributed by atoms with Crippen molar-refractivity contribution in [1.29, 1.82) is 0 Å². The molecule has 5 rings (SSSR count). The Balaban J connectivity index is 1.22. The summed E-state index contributed by atoms with van der Waals surface area (Å²) in [5.41, 5.74) is 8.86. The maximum atomic E-state index is 10.5. The third-order valence-electron chi connectivity index (χ3n) is 10.3. The molecule has 0 aliphatic heterocycles. The smallest absolute Gasteiger partial charge is 0.127 e. The summed E-state index contributed by atoms with van der Waals surface area (Å²) < 4.78 is 28.4. The van der Waals surface area contributed by atoms with Crippen molar-refractivity contribution in [3.63, 3.8) is 0 Å². The minimum atomic E-state index is -0.138. The molecule has 0 fully saturated rings. The van der Waals surface area contributed by atoms with Crippen LogP contribution in [-0.4, -0.2) is 58.5 Å². The molecule has 0 radical (unpaired) electrons. The molecule has 0 unspecified atom stereocenters. The molecule has 1 N–H and O–H groups in total. The van der Waals surface area contributed by atoms with Gasteiger partial charge in [-0.15, -0.1) is 0 Å². The summed E-state index contributed by atoms with van der Waals surface area (Å²) >= 11 is 0. The van der Waals surface area contributed by atoms with Crippen LogP contribution < -0.4 is 9.47 Å². The van der Waals surface area contributed by atoms with Gasteiger partial charge in [-0.25, -0.2) is 0 Å². The number of aliphatic hydroxyl groups excluding tert-OH is 1. The summed E-state index contributed by atoms with van der Waals surface area (Å²) in [6.45, 7) is 7.78. The number of hydrogen-bond acceptors (Lipinski definition) is 10. The van der Waals surface area contributed by atoms with Crippen LogP contribution in [0.1, 0.15) is 98.6 Å². The minimum Gasteiger partial charge on any atom is -0.494 e. The van der Waals surface area contributed by atoms with E-state index in [2.05, 4.69) is 46.4 Å². The number of azo groups is 2. The SMILES string of the molecule is CCCCCCOc1ccc(N=Nc2ccc(C=Cc3cc(CO)c(C=Cc4ccc(N=Nc5ccc(CCCCCC)cc5)cc4)cc3OCCOCCOCCOC)cc2)cc1. The lowest BCUT2D eigenvalue weighted by molar-refractivity contribution is 0.0179. The van der Waals surface area contributed by atoms with E-state index in [1.54, 1.807) is 7.11 Å². The zero-order valence-electron chi connectivity index (χ0n) is 38.0. The third kappa shape index (κ3) is 18.5. The first-order valence-electron chi connectivity index (χ1n) is 22.8. The van der Waals surface area contributed by atoms with Gasteiger partial charge in [0.2, 0.25) is 0 Å². The molecule has 0 aromatic heterocycles. The van der Waals surface area contributed by atoms with Gasteiger partial charge in [0.1, 0.15) is 18.1 Å². The van der Waals surface area contributed by atoms with Crippen LogP contribution in [0.3, 0.4) is 0 Å². The van der Waals surface area contributed by atoms with Gasteiger partial charge in [-0.05, 0) is 120 Å². The van der Waals surface area contributed by atoms with Crippen LogP contribution in [0.4, 0.5) is 22.7 Å². The second-order valence-electron chi connectivity index (χ2n) is 15.4. The van der Waals surface area contributed by atoms with E-state index in [1.807, 2.05) is 121 Å². The van der Waals surface area contributed by atoms with Crippen LogP contribution in [0.15, 0.2) is 130 Å². The molecular formula is C54H66N4O6. The Labute approximate surface area is 380 Å². The molecular weight excluding hydrogens is 801 g/mol. The second kappa shape index (κ2) is 29.6. The molecule has 5 aromatic carbocycles. The van der Waals surface area contributed by atoms with Gasteiger partial charge in [-0.3, -0.25) is 0 Å². The predicted octanol–water partition coefficient (Wildman–Crippen LogP) is 14.5. The highest BCUT2D eigenvalue weighted by atomic mass is 16.6. The molecule has 0 spiro atoms. The van der Waals surface area contributed by atoms with Crippen molar-refractivity contribution in [3.05, 3.63) is 143 Å². The van der Waals surface area contributed by atoms with Crippen LogP contribution in [0.25, 0.3) is 24.3 Å². The molecule has 0 bridgehead atoms. The number of aliphatic hydroxyl groups is 1. The fraction of sp³-hybridized carbons (Fsp3) is 0.370. The molecule has 64 heavy (non-hydrogen) atoms. The van der Waals surface area contributed by atoms with Gasteiger partial charge < -0.3 is 28.8 Å². The molecule has 0 amide bonds. The first-order chi connectivity index (χ1) is 31.6. The van der Waals surface area contributed by atoms with E-state index in [-0.39, 0.29) is 6.61 Å². The van der Waals surface area contributed by atoms with Gasteiger partial charge in [-0.1, -0.05) is 113 Å². The maximum Gasteiger partial charge on any atom is 0.127 e. The van der Waals surface area contributed by atoms with E-state index >= 15 is 0 Å². The highest BCUT2D eigenvalue weighted by molar-refractivity contribution is 5.78. The summed E-state index contributed by atoms with van der Waals surface area (Å²) in [4.78, 5) is 0. The quantitative estimate of drug-likeness (QED) is 0.0279. The molecule has 0 aliphatic carbocycles. The lowest BCUT2D eigenvalue weighted by Gasteiger charge is -2.14. The lowest BCUT2D eigenvalue weighted by Crippen LogP contribution is -2.12. The normalized spacial score (nSPS) is 11.8. The van der Waals surface area contributed by atoms with Crippen molar-refractivity contribution in [1.82, 2.24) is 0 Å². The number of aryl methyl sites for hydroxylation is 1. The minimum absolute atomic E-state index is 0.138. The number of ether oxygens (including phenoxy) is 5. The van der Waals surface area contributed by atoms with Crippen LogP contribution in [0.2, 0.25) is 0 Å². The maximum absolute atomic E-state index is 10.5. The van der Waals surface area contributed by atoms with Gasteiger partial charge in [-0.2, -0.15) is 20.5 Å². The summed E-state index contributed by atoms with van der Waals surface area (Å²) in [7, 11) is 1.65. The standard InChI is InChI=1S/C54H66N4O6/c1-4-6-8-10-12-43-15-23-49(24-16-43)55-56-50-25-17-44(18-26-50)13-21-46-41-54(64-39-38-62-37-36-61-35-34-60-3)47(40-48(46)42-59)22-14-45-19-27-51(28-20-45)57-58-52-29-31-53(32-30-52)63-33-11-9-7-5-2/h13-32,40-41,59H,4-12,33-39,42H2,1-3H3. The first kappa shape index (κ1) is 49.2. The van der Waals surface area contributed by atoms with E-state index in [4.69, 9.17) is 23.7 Å². The average Bonchev–Trinajstić information content (AvgIpc) is 3.33. The van der Waals surface area contributed by atoms with Crippen molar-refractivity contribution in [2.45, 2.75) is 78.2 Å². The van der Waals surface area contributed by atoms with Gasteiger partial charge in [0.15, 0.2) is 0 Å². The van der Waals surface area contributed by atoms with Crippen molar-refractivity contribution in [3.8, 4) is 11.5 Å². The van der Waals surface area contributed by atoms with Crippen LogP contribution in [-0.2, 0) is 27.2 Å². The lowest BCUT2D eigenvalue weighted by atomic mass is 10.0. The zero-order chi connectivity index (χ0) is 44.9. The van der Waals surface area contributed by atoms with Gasteiger partial charge in [0.05, 0.1) is 69.0 Å². The third-order valence-corrected chi connectivity index (χ3v) is 10.3. The number of hydrogen-bond donors (Lipinski definition) is 1. The van der Waals surface area contributed by atoms with E-state index in [0.717, 1.165) is 75.8 Å². The molecule has 0 atom stereocenters. The Morgan fingerprint density at radius 2 is 0.969 bits per heavy atom. The largest absolute Gasteiger partial charge is 0.494 e. The number of methoxy groups -OCH3 is 1. The van der Waals surface area contributed by atoms with Crippen molar-refractivity contribution >= 4 is 47.1 Å². The first-order valence-corrected chi connectivity index (χ1v) is 22.8. The monoisotopic (exact) mass is 866 g/mol. The predicted molar refractivity (Wildman–Crippen MR) is 261 cm³/mol. The number of unbranched alkanes of at least 4 members (excludes halogenated alkanes) is 6. The van der Waals surface area contributed by atoms with Crippen LogP contribution in [0, 0.1) is 0 Å². The van der Waals surface area contributed by atoms with Crippen LogP contribution >= 0.6 is 0 Å².